The summed E-state index contributed by atoms with van der Waals surface area (Å²) in [6, 6.07) is 0.867. The third kappa shape index (κ3) is 3.33. The van der Waals surface area contributed by atoms with Gasteiger partial charge in [-0.3, -0.25) is 0 Å². The zero-order chi connectivity index (χ0) is 13.0. The number of ether oxygens (including phenoxy) is 2. The van der Waals surface area contributed by atoms with E-state index in [1.807, 2.05) is 0 Å². The minimum Gasteiger partial charge on any atom is -0.462 e. The summed E-state index contributed by atoms with van der Waals surface area (Å²) in [4.78, 5) is 11.3. The Morgan fingerprint density at radius 1 is 1.35 bits per heavy atom. The van der Waals surface area contributed by atoms with Crippen molar-refractivity contribution < 1.29 is 31.8 Å². The Labute approximate surface area is 93.9 Å². The van der Waals surface area contributed by atoms with Crippen molar-refractivity contribution in [2.75, 3.05) is 6.61 Å². The molecule has 1 aromatic rings. The van der Waals surface area contributed by atoms with Crippen molar-refractivity contribution >= 4 is 5.97 Å². The first-order valence-corrected chi connectivity index (χ1v) is 4.56. The normalized spacial score (nSPS) is 10.5. The fourth-order valence-electron chi connectivity index (χ4n) is 1.14. The molecular formula is C10H8F4O3. The molecule has 0 aliphatic carbocycles. The molecule has 0 fully saturated rings. The van der Waals surface area contributed by atoms with Gasteiger partial charge in [-0.05, 0) is 6.92 Å². The van der Waals surface area contributed by atoms with Crippen LogP contribution in [0.3, 0.4) is 0 Å². The van der Waals surface area contributed by atoms with Crippen LogP contribution >= 0.6 is 0 Å². The van der Waals surface area contributed by atoms with Gasteiger partial charge in [0.2, 0.25) is 0 Å². The predicted octanol–water partition coefficient (Wildman–Crippen LogP) is 2.74. The highest BCUT2D eigenvalue weighted by Gasteiger charge is 2.23. The number of benzene rings is 1. The highest BCUT2D eigenvalue weighted by molar-refractivity contribution is 5.92. The molecule has 3 nitrogen and oxygen atoms in total. The lowest BCUT2D eigenvalue weighted by Gasteiger charge is -2.10. The molecular weight excluding hydrogens is 244 g/mol. The van der Waals surface area contributed by atoms with E-state index in [-0.39, 0.29) is 6.61 Å². The number of halogens is 4. The lowest BCUT2D eigenvalue weighted by atomic mass is 10.2. The molecule has 0 radical (unpaired) electrons. The second-order valence-electron chi connectivity index (χ2n) is 2.86. The SMILES string of the molecule is CCOC(=O)c1c(F)cc(F)cc1OC(F)F. The van der Waals surface area contributed by atoms with Crippen LogP contribution in [-0.2, 0) is 4.74 Å². The summed E-state index contributed by atoms with van der Waals surface area (Å²) in [5.41, 5.74) is -0.853. The highest BCUT2D eigenvalue weighted by atomic mass is 19.3. The number of alkyl halides is 2. The van der Waals surface area contributed by atoms with Crippen LogP contribution in [0, 0.1) is 11.6 Å². The van der Waals surface area contributed by atoms with Crippen molar-refractivity contribution in [2.45, 2.75) is 13.5 Å². The number of hydrogen-bond acceptors (Lipinski definition) is 3. The molecule has 0 unspecified atom stereocenters. The van der Waals surface area contributed by atoms with E-state index in [2.05, 4.69) is 9.47 Å². The molecule has 0 atom stereocenters. The van der Waals surface area contributed by atoms with Crippen LogP contribution in [0.5, 0.6) is 5.75 Å². The van der Waals surface area contributed by atoms with Gasteiger partial charge >= 0.3 is 12.6 Å². The van der Waals surface area contributed by atoms with E-state index in [9.17, 15) is 22.4 Å². The Balaban J connectivity index is 3.20. The molecule has 0 saturated heterocycles. The van der Waals surface area contributed by atoms with Gasteiger partial charge in [-0.2, -0.15) is 8.78 Å². The van der Waals surface area contributed by atoms with Gasteiger partial charge in [-0.25, -0.2) is 13.6 Å². The molecule has 0 amide bonds. The van der Waals surface area contributed by atoms with Gasteiger partial charge in [-0.1, -0.05) is 0 Å². The van der Waals surface area contributed by atoms with E-state index in [0.717, 1.165) is 0 Å². The van der Waals surface area contributed by atoms with Crippen LogP contribution in [0.1, 0.15) is 17.3 Å². The van der Waals surface area contributed by atoms with Crippen LogP contribution in [0.2, 0.25) is 0 Å². The highest BCUT2D eigenvalue weighted by Crippen LogP contribution is 2.25. The van der Waals surface area contributed by atoms with E-state index in [1.165, 1.54) is 6.92 Å². The van der Waals surface area contributed by atoms with Crippen LogP contribution in [0.4, 0.5) is 17.6 Å². The topological polar surface area (TPSA) is 35.5 Å². The molecule has 0 heterocycles. The number of carbonyl (C=O) groups excluding carboxylic acids is 1. The van der Waals surface area contributed by atoms with Crippen LogP contribution in [0.15, 0.2) is 12.1 Å². The fourth-order valence-corrected chi connectivity index (χ4v) is 1.14. The van der Waals surface area contributed by atoms with Crippen LogP contribution in [-0.4, -0.2) is 19.2 Å². The summed E-state index contributed by atoms with van der Waals surface area (Å²) in [5.74, 6) is -4.54. The largest absolute Gasteiger partial charge is 0.462 e. The standard InChI is InChI=1S/C10H8F4O3/c1-2-16-9(15)8-6(12)3-5(11)4-7(8)17-10(13)14/h3-4,10H,2H2,1H3. The van der Waals surface area contributed by atoms with Crippen molar-refractivity contribution in [1.82, 2.24) is 0 Å². The maximum absolute atomic E-state index is 13.3. The van der Waals surface area contributed by atoms with E-state index >= 15 is 0 Å². The van der Waals surface area contributed by atoms with E-state index in [1.54, 1.807) is 0 Å². The second kappa shape index (κ2) is 5.51. The third-order valence-electron chi connectivity index (χ3n) is 1.71. The van der Waals surface area contributed by atoms with Crippen LogP contribution in [0.25, 0.3) is 0 Å². The molecule has 0 aromatic heterocycles. The minimum absolute atomic E-state index is 0.0796. The van der Waals surface area contributed by atoms with Crippen LogP contribution < -0.4 is 4.74 Å². The van der Waals surface area contributed by atoms with Gasteiger partial charge < -0.3 is 9.47 Å². The van der Waals surface area contributed by atoms with Gasteiger partial charge in [0, 0.05) is 12.1 Å². The number of esters is 1. The van der Waals surface area contributed by atoms with Gasteiger partial charge in [0.05, 0.1) is 6.61 Å². The smallest absolute Gasteiger partial charge is 0.387 e. The maximum Gasteiger partial charge on any atom is 0.387 e. The molecule has 94 valence electrons. The summed E-state index contributed by atoms with van der Waals surface area (Å²) < 4.78 is 58.4. The zero-order valence-corrected chi connectivity index (χ0v) is 8.68. The lowest BCUT2D eigenvalue weighted by molar-refractivity contribution is -0.0508. The number of hydrogen-bond donors (Lipinski definition) is 0. The first-order valence-electron chi connectivity index (χ1n) is 4.56. The Morgan fingerprint density at radius 2 is 2.00 bits per heavy atom. The quantitative estimate of drug-likeness (QED) is 0.610. The van der Waals surface area contributed by atoms with Crippen molar-refractivity contribution in [2.24, 2.45) is 0 Å². The third-order valence-corrected chi connectivity index (χ3v) is 1.71. The predicted molar refractivity (Wildman–Crippen MR) is 48.9 cm³/mol. The summed E-state index contributed by atoms with van der Waals surface area (Å²) in [5, 5.41) is 0. The Hall–Kier alpha value is -1.79. The average molecular weight is 252 g/mol. The summed E-state index contributed by atoms with van der Waals surface area (Å²) in [6.07, 6.45) is 0. The van der Waals surface area contributed by atoms with Gasteiger partial charge in [0.25, 0.3) is 0 Å². The first kappa shape index (κ1) is 13.3. The number of rotatable bonds is 4. The summed E-state index contributed by atoms with van der Waals surface area (Å²) in [7, 11) is 0. The minimum atomic E-state index is -3.30. The van der Waals surface area contributed by atoms with Crippen molar-refractivity contribution in [3.8, 4) is 5.75 Å². The first-order chi connectivity index (χ1) is 7.95. The molecule has 0 N–H and O–H groups in total. The van der Waals surface area contributed by atoms with Gasteiger partial charge in [0.1, 0.15) is 22.9 Å². The Bertz CT molecular complexity index is 420. The second-order valence-corrected chi connectivity index (χ2v) is 2.86. The molecule has 1 aromatic carbocycles. The molecule has 0 aliphatic heterocycles. The lowest BCUT2D eigenvalue weighted by Crippen LogP contribution is -2.13. The number of carbonyl (C=O) groups is 1. The van der Waals surface area contributed by atoms with E-state index < -0.39 is 35.5 Å². The molecule has 17 heavy (non-hydrogen) atoms. The van der Waals surface area contributed by atoms with Gasteiger partial charge in [-0.15, -0.1) is 0 Å². The summed E-state index contributed by atoms with van der Waals surface area (Å²) >= 11 is 0. The molecule has 1 rings (SSSR count). The molecule has 0 spiro atoms. The average Bonchev–Trinajstić information content (AvgIpc) is 2.15. The Kier molecular flexibility index (Phi) is 4.30. The molecule has 0 saturated carbocycles. The van der Waals surface area contributed by atoms with E-state index in [0.29, 0.717) is 12.1 Å². The van der Waals surface area contributed by atoms with Crippen molar-refractivity contribution in [1.29, 1.82) is 0 Å². The zero-order valence-electron chi connectivity index (χ0n) is 8.68. The molecule has 7 heteroatoms. The molecule has 0 aliphatic rings. The van der Waals surface area contributed by atoms with Crippen molar-refractivity contribution in [3.63, 3.8) is 0 Å². The fraction of sp³-hybridized carbons (Fsp3) is 0.300. The maximum atomic E-state index is 13.3. The summed E-state index contributed by atoms with van der Waals surface area (Å²) in [6.45, 7) is -1.93. The van der Waals surface area contributed by atoms with E-state index in [4.69, 9.17) is 0 Å². The van der Waals surface area contributed by atoms with Gasteiger partial charge in [0.15, 0.2) is 0 Å². The Morgan fingerprint density at radius 3 is 2.53 bits per heavy atom. The van der Waals surface area contributed by atoms with Crippen molar-refractivity contribution in [3.05, 3.63) is 29.3 Å². The monoisotopic (exact) mass is 252 g/mol. The molecule has 0 bridgehead atoms.